The molecule has 1 amide bonds. The molecule has 1 heterocycles. The Labute approximate surface area is 159 Å². The Morgan fingerprint density at radius 3 is 2.80 bits per heavy atom. The number of hydrogen-bond donors (Lipinski definition) is 0. The van der Waals surface area contributed by atoms with E-state index in [1.807, 2.05) is 0 Å². The van der Waals surface area contributed by atoms with Crippen LogP contribution in [-0.2, 0) is 19.1 Å². The molecule has 0 radical (unpaired) electrons. The van der Waals surface area contributed by atoms with Gasteiger partial charge in [-0.2, -0.15) is 0 Å². The summed E-state index contributed by atoms with van der Waals surface area (Å²) in [6.45, 7) is 2.02. The van der Waals surface area contributed by atoms with E-state index in [-0.39, 0.29) is 47.0 Å². The number of carbonyl (C=O) groups is 3. The van der Waals surface area contributed by atoms with Crippen molar-refractivity contribution in [1.29, 1.82) is 0 Å². The first-order chi connectivity index (χ1) is 11.9. The third kappa shape index (κ3) is 5.14. The zero-order chi connectivity index (χ0) is 18.4. The third-order valence-corrected chi connectivity index (χ3v) is 5.00. The molecule has 1 aromatic carbocycles. The number of hydrogen-bond acceptors (Lipinski definition) is 6. The number of esters is 2. The number of nitrogens with zero attached hydrogens (tertiary/aromatic N) is 1. The highest BCUT2D eigenvalue weighted by Gasteiger charge is 2.27. The van der Waals surface area contributed by atoms with Crippen LogP contribution >= 0.6 is 35.0 Å². The summed E-state index contributed by atoms with van der Waals surface area (Å²) in [6.07, 6.45) is 1.26. The minimum absolute atomic E-state index is 0.0475. The van der Waals surface area contributed by atoms with Gasteiger partial charge in [-0.15, -0.1) is 0 Å². The maximum absolute atomic E-state index is 12.1. The maximum atomic E-state index is 12.1. The first-order valence-electron chi connectivity index (χ1n) is 7.36. The predicted octanol–water partition coefficient (Wildman–Crippen LogP) is 3.13. The van der Waals surface area contributed by atoms with Crippen molar-refractivity contribution in [3.8, 4) is 0 Å². The van der Waals surface area contributed by atoms with Crippen molar-refractivity contribution >= 4 is 52.8 Å². The SMILES string of the molecule is CCOC(=O)/C=C1/SCC(=O)N1CCOC(=O)c1cccc(Cl)c1Cl. The van der Waals surface area contributed by atoms with Crippen LogP contribution in [0.1, 0.15) is 17.3 Å². The van der Waals surface area contributed by atoms with E-state index in [4.69, 9.17) is 32.7 Å². The van der Waals surface area contributed by atoms with Gasteiger partial charge in [-0.25, -0.2) is 9.59 Å². The quantitative estimate of drug-likeness (QED) is 0.536. The van der Waals surface area contributed by atoms with Crippen LogP contribution < -0.4 is 0 Å². The van der Waals surface area contributed by atoms with E-state index < -0.39 is 11.9 Å². The van der Waals surface area contributed by atoms with Crippen molar-refractivity contribution in [3.05, 3.63) is 44.9 Å². The van der Waals surface area contributed by atoms with Crippen molar-refractivity contribution in [2.24, 2.45) is 0 Å². The highest BCUT2D eigenvalue weighted by molar-refractivity contribution is 8.04. The molecule has 6 nitrogen and oxygen atoms in total. The average molecular weight is 404 g/mol. The van der Waals surface area contributed by atoms with E-state index in [0.717, 1.165) is 0 Å². The summed E-state index contributed by atoms with van der Waals surface area (Å²) >= 11 is 13.1. The van der Waals surface area contributed by atoms with E-state index in [1.165, 1.54) is 28.8 Å². The summed E-state index contributed by atoms with van der Waals surface area (Å²) in [5.41, 5.74) is 0.151. The Kier molecular flexibility index (Phi) is 7.16. The van der Waals surface area contributed by atoms with Gasteiger partial charge in [0.2, 0.25) is 5.91 Å². The Morgan fingerprint density at radius 2 is 2.08 bits per heavy atom. The second kappa shape index (κ2) is 9.12. The molecule has 0 bridgehead atoms. The molecule has 1 aliphatic heterocycles. The molecule has 1 fully saturated rings. The number of thioether (sulfide) groups is 1. The number of benzene rings is 1. The van der Waals surface area contributed by atoms with Crippen LogP contribution in [0.4, 0.5) is 0 Å². The van der Waals surface area contributed by atoms with Gasteiger partial charge in [0, 0.05) is 0 Å². The zero-order valence-corrected chi connectivity index (χ0v) is 15.6. The fraction of sp³-hybridized carbons (Fsp3) is 0.312. The standard InChI is InChI=1S/C16H15Cl2NO5S/c1-2-23-14(21)8-13-19(12(20)9-25-13)6-7-24-16(22)10-4-3-5-11(17)15(10)18/h3-5,8H,2,6-7,9H2,1H3/b13-8+. The maximum Gasteiger partial charge on any atom is 0.339 e. The summed E-state index contributed by atoms with van der Waals surface area (Å²) < 4.78 is 9.98. The Bertz CT molecular complexity index is 722. The summed E-state index contributed by atoms with van der Waals surface area (Å²) in [5.74, 6) is -1.10. The van der Waals surface area contributed by atoms with Crippen LogP contribution in [-0.4, -0.2) is 48.3 Å². The molecular formula is C16H15Cl2NO5S. The van der Waals surface area contributed by atoms with Crippen molar-refractivity contribution in [3.63, 3.8) is 0 Å². The van der Waals surface area contributed by atoms with Crippen molar-refractivity contribution in [2.75, 3.05) is 25.5 Å². The molecule has 2 rings (SSSR count). The third-order valence-electron chi connectivity index (χ3n) is 3.16. The van der Waals surface area contributed by atoms with E-state index in [9.17, 15) is 14.4 Å². The highest BCUT2D eigenvalue weighted by atomic mass is 35.5. The molecule has 0 aliphatic carbocycles. The van der Waals surface area contributed by atoms with Gasteiger partial charge >= 0.3 is 11.9 Å². The van der Waals surface area contributed by atoms with E-state index in [2.05, 4.69) is 0 Å². The number of carbonyl (C=O) groups excluding carboxylic acids is 3. The van der Waals surface area contributed by atoms with Crippen molar-refractivity contribution in [1.82, 2.24) is 4.90 Å². The molecule has 0 saturated carbocycles. The lowest BCUT2D eigenvalue weighted by Crippen LogP contribution is -2.29. The van der Waals surface area contributed by atoms with Crippen molar-refractivity contribution < 1.29 is 23.9 Å². The van der Waals surface area contributed by atoms with Crippen molar-refractivity contribution in [2.45, 2.75) is 6.92 Å². The van der Waals surface area contributed by atoms with Gasteiger partial charge < -0.3 is 14.4 Å². The summed E-state index contributed by atoms with van der Waals surface area (Å²) in [4.78, 5) is 36.9. The van der Waals surface area contributed by atoms with Gasteiger partial charge in [0.1, 0.15) is 6.61 Å². The minimum atomic E-state index is -0.636. The van der Waals surface area contributed by atoms with E-state index >= 15 is 0 Å². The molecule has 1 aliphatic rings. The molecule has 0 atom stereocenters. The lowest BCUT2D eigenvalue weighted by Gasteiger charge is -2.17. The Balaban J connectivity index is 1.95. The molecule has 134 valence electrons. The van der Waals surface area contributed by atoms with Crippen LogP contribution in [0.2, 0.25) is 10.0 Å². The predicted molar refractivity (Wildman–Crippen MR) is 95.6 cm³/mol. The highest BCUT2D eigenvalue weighted by Crippen LogP contribution is 2.29. The van der Waals surface area contributed by atoms with Crippen LogP contribution in [0.25, 0.3) is 0 Å². The first kappa shape index (κ1) is 19.6. The zero-order valence-electron chi connectivity index (χ0n) is 13.3. The van der Waals surface area contributed by atoms with Crippen LogP contribution in [0.5, 0.6) is 0 Å². The van der Waals surface area contributed by atoms with Crippen LogP contribution in [0.3, 0.4) is 0 Å². The molecule has 0 N–H and O–H groups in total. The number of amides is 1. The topological polar surface area (TPSA) is 72.9 Å². The molecular weight excluding hydrogens is 389 g/mol. The Morgan fingerprint density at radius 1 is 1.32 bits per heavy atom. The largest absolute Gasteiger partial charge is 0.463 e. The minimum Gasteiger partial charge on any atom is -0.463 e. The number of ether oxygens (including phenoxy) is 2. The molecule has 1 saturated heterocycles. The molecule has 25 heavy (non-hydrogen) atoms. The smallest absolute Gasteiger partial charge is 0.339 e. The Hall–Kier alpha value is -1.70. The average Bonchev–Trinajstić information content (AvgIpc) is 2.90. The monoisotopic (exact) mass is 403 g/mol. The molecule has 0 aromatic heterocycles. The first-order valence-corrected chi connectivity index (χ1v) is 9.11. The van der Waals surface area contributed by atoms with E-state index in [0.29, 0.717) is 5.03 Å². The fourth-order valence-electron chi connectivity index (χ4n) is 2.02. The molecule has 1 aromatic rings. The van der Waals surface area contributed by atoms with Gasteiger partial charge in [0.25, 0.3) is 0 Å². The van der Waals surface area contributed by atoms with Gasteiger partial charge in [0.05, 0.1) is 45.6 Å². The normalized spacial score (nSPS) is 15.6. The van der Waals surface area contributed by atoms with Gasteiger partial charge in [-0.1, -0.05) is 41.0 Å². The van der Waals surface area contributed by atoms with E-state index in [1.54, 1.807) is 19.1 Å². The summed E-state index contributed by atoms with van der Waals surface area (Å²) in [7, 11) is 0. The lowest BCUT2D eigenvalue weighted by molar-refractivity contribution is -0.137. The van der Waals surface area contributed by atoms with Gasteiger partial charge in [0.15, 0.2) is 0 Å². The lowest BCUT2D eigenvalue weighted by atomic mass is 10.2. The van der Waals surface area contributed by atoms with Gasteiger partial charge in [-0.3, -0.25) is 4.79 Å². The fourth-order valence-corrected chi connectivity index (χ4v) is 3.36. The van der Waals surface area contributed by atoms with Gasteiger partial charge in [-0.05, 0) is 19.1 Å². The number of halogens is 2. The second-order valence-electron chi connectivity index (χ2n) is 4.81. The van der Waals surface area contributed by atoms with Crippen LogP contribution in [0.15, 0.2) is 29.3 Å². The molecule has 0 unspecified atom stereocenters. The molecule has 9 heteroatoms. The number of rotatable bonds is 6. The summed E-state index contributed by atoms with van der Waals surface area (Å²) in [6, 6.07) is 4.65. The summed E-state index contributed by atoms with van der Waals surface area (Å²) in [5, 5.41) is 0.840. The molecule has 0 spiro atoms. The second-order valence-corrected chi connectivity index (χ2v) is 6.59. The van der Waals surface area contributed by atoms with Crippen LogP contribution in [0, 0.1) is 0 Å².